The summed E-state index contributed by atoms with van der Waals surface area (Å²) < 4.78 is 6.06. The minimum Gasteiger partial charge on any atom is -0.494 e. The molecule has 3 heteroatoms. The van der Waals surface area contributed by atoms with Crippen molar-refractivity contribution in [2.75, 3.05) is 32.8 Å². The summed E-state index contributed by atoms with van der Waals surface area (Å²) in [5.74, 6) is 2.07. The fourth-order valence-corrected chi connectivity index (χ4v) is 4.46. The van der Waals surface area contributed by atoms with Gasteiger partial charge in [-0.15, -0.1) is 0 Å². The van der Waals surface area contributed by atoms with Gasteiger partial charge in [-0.05, 0) is 87.3 Å². The van der Waals surface area contributed by atoms with Gasteiger partial charge in [0.05, 0.1) is 6.61 Å². The fraction of sp³-hybridized carbons (Fsp3) is 0.727. The van der Waals surface area contributed by atoms with E-state index in [1.807, 2.05) is 0 Å². The van der Waals surface area contributed by atoms with E-state index in [1.54, 1.807) is 0 Å². The van der Waals surface area contributed by atoms with Crippen LogP contribution in [0.4, 0.5) is 0 Å². The van der Waals surface area contributed by atoms with Crippen molar-refractivity contribution in [1.29, 1.82) is 0 Å². The van der Waals surface area contributed by atoms with Crippen LogP contribution < -0.4 is 10.1 Å². The lowest BCUT2D eigenvalue weighted by atomic mass is 9.98. The van der Waals surface area contributed by atoms with Crippen LogP contribution in [-0.2, 0) is 12.8 Å². The molecule has 1 aliphatic carbocycles. The van der Waals surface area contributed by atoms with E-state index in [1.165, 1.54) is 75.7 Å². The molecule has 0 spiro atoms. The van der Waals surface area contributed by atoms with Gasteiger partial charge in [0.2, 0.25) is 0 Å². The van der Waals surface area contributed by atoms with E-state index in [0.29, 0.717) is 6.04 Å². The molecular formula is C22H34N2O. The Balaban J connectivity index is 1.25. The van der Waals surface area contributed by atoms with Gasteiger partial charge in [0.25, 0.3) is 0 Å². The molecule has 25 heavy (non-hydrogen) atoms. The van der Waals surface area contributed by atoms with Crippen molar-refractivity contribution in [2.24, 2.45) is 5.92 Å². The van der Waals surface area contributed by atoms with Crippen LogP contribution in [0.5, 0.6) is 5.75 Å². The van der Waals surface area contributed by atoms with Gasteiger partial charge >= 0.3 is 0 Å². The van der Waals surface area contributed by atoms with E-state index >= 15 is 0 Å². The minimum absolute atomic E-state index is 0.685. The van der Waals surface area contributed by atoms with Crippen molar-refractivity contribution >= 4 is 0 Å². The Morgan fingerprint density at radius 3 is 2.80 bits per heavy atom. The first-order valence-electron chi connectivity index (χ1n) is 10.6. The Labute approximate surface area is 153 Å². The molecule has 1 saturated carbocycles. The van der Waals surface area contributed by atoms with E-state index < -0.39 is 0 Å². The third-order valence-electron chi connectivity index (χ3n) is 6.12. The molecule has 0 amide bonds. The van der Waals surface area contributed by atoms with Gasteiger partial charge in [-0.2, -0.15) is 0 Å². The molecule has 1 aromatic rings. The summed E-state index contributed by atoms with van der Waals surface area (Å²) in [6.07, 6.45) is 11.9. The molecule has 4 rings (SSSR count). The summed E-state index contributed by atoms with van der Waals surface area (Å²) in [5.41, 5.74) is 3.04. The SMILES string of the molecule is c1cc2c(cc1OCCCN1CCCCC1)CCNC(CC1CC1)C2. The normalized spacial score (nSPS) is 24.6. The summed E-state index contributed by atoms with van der Waals surface area (Å²) in [4.78, 5) is 2.59. The van der Waals surface area contributed by atoms with Crippen molar-refractivity contribution in [2.45, 2.75) is 63.8 Å². The maximum absolute atomic E-state index is 6.06. The van der Waals surface area contributed by atoms with Gasteiger partial charge in [-0.1, -0.05) is 25.3 Å². The van der Waals surface area contributed by atoms with E-state index in [9.17, 15) is 0 Å². The maximum Gasteiger partial charge on any atom is 0.119 e. The van der Waals surface area contributed by atoms with Gasteiger partial charge in [-0.25, -0.2) is 0 Å². The highest BCUT2D eigenvalue weighted by atomic mass is 16.5. The van der Waals surface area contributed by atoms with Gasteiger partial charge in [0, 0.05) is 12.6 Å². The second-order valence-corrected chi connectivity index (χ2v) is 8.32. The number of nitrogens with one attached hydrogen (secondary N) is 1. The Hall–Kier alpha value is -1.06. The first kappa shape index (κ1) is 17.4. The molecule has 1 N–H and O–H groups in total. The third-order valence-corrected chi connectivity index (χ3v) is 6.12. The average Bonchev–Trinajstić information content (AvgIpc) is 3.47. The predicted octanol–water partition coefficient (Wildman–Crippen LogP) is 3.80. The third kappa shape index (κ3) is 5.21. The average molecular weight is 343 g/mol. The first-order chi connectivity index (χ1) is 12.4. The van der Waals surface area contributed by atoms with Crippen LogP contribution in [0.2, 0.25) is 0 Å². The summed E-state index contributed by atoms with van der Waals surface area (Å²) in [5, 5.41) is 3.76. The molecule has 0 radical (unpaired) electrons. The summed E-state index contributed by atoms with van der Waals surface area (Å²) in [7, 11) is 0. The van der Waals surface area contributed by atoms with Crippen molar-refractivity contribution < 1.29 is 4.74 Å². The predicted molar refractivity (Wildman–Crippen MR) is 103 cm³/mol. The highest BCUT2D eigenvalue weighted by Gasteiger charge is 2.26. The zero-order valence-corrected chi connectivity index (χ0v) is 15.6. The maximum atomic E-state index is 6.06. The van der Waals surface area contributed by atoms with Gasteiger partial charge in [-0.3, -0.25) is 0 Å². The highest BCUT2D eigenvalue weighted by molar-refractivity contribution is 5.37. The van der Waals surface area contributed by atoms with Crippen LogP contribution in [0.25, 0.3) is 0 Å². The fourth-order valence-electron chi connectivity index (χ4n) is 4.46. The van der Waals surface area contributed by atoms with E-state index in [2.05, 4.69) is 28.4 Å². The molecule has 1 atom stereocenters. The van der Waals surface area contributed by atoms with Crippen molar-refractivity contribution in [3.63, 3.8) is 0 Å². The topological polar surface area (TPSA) is 24.5 Å². The summed E-state index contributed by atoms with van der Waals surface area (Å²) in [6.45, 7) is 5.72. The Morgan fingerprint density at radius 1 is 1.08 bits per heavy atom. The molecule has 138 valence electrons. The zero-order valence-electron chi connectivity index (χ0n) is 15.6. The lowest BCUT2D eigenvalue weighted by molar-refractivity contribution is 0.205. The quantitative estimate of drug-likeness (QED) is 0.763. The van der Waals surface area contributed by atoms with Crippen LogP contribution in [0.3, 0.4) is 0 Å². The molecule has 0 aromatic heterocycles. The highest BCUT2D eigenvalue weighted by Crippen LogP contribution is 2.35. The summed E-state index contributed by atoms with van der Waals surface area (Å²) >= 11 is 0. The Morgan fingerprint density at radius 2 is 1.96 bits per heavy atom. The molecule has 2 fully saturated rings. The molecule has 1 unspecified atom stereocenters. The molecular weight excluding hydrogens is 308 g/mol. The van der Waals surface area contributed by atoms with Crippen molar-refractivity contribution in [3.8, 4) is 5.75 Å². The number of benzene rings is 1. The number of nitrogens with zero attached hydrogens (tertiary/aromatic N) is 1. The number of hydrogen-bond donors (Lipinski definition) is 1. The number of ether oxygens (including phenoxy) is 1. The molecule has 1 saturated heterocycles. The lowest BCUT2D eigenvalue weighted by Gasteiger charge is -2.26. The second kappa shape index (κ2) is 8.55. The van der Waals surface area contributed by atoms with Crippen LogP contribution >= 0.6 is 0 Å². The van der Waals surface area contributed by atoms with E-state index in [4.69, 9.17) is 4.74 Å². The van der Waals surface area contributed by atoms with Crippen molar-refractivity contribution in [1.82, 2.24) is 10.2 Å². The zero-order chi connectivity index (χ0) is 16.9. The van der Waals surface area contributed by atoms with Crippen LogP contribution in [0.15, 0.2) is 18.2 Å². The van der Waals surface area contributed by atoms with E-state index in [0.717, 1.165) is 37.7 Å². The number of fused-ring (bicyclic) bond motifs is 1. The van der Waals surface area contributed by atoms with Crippen LogP contribution in [-0.4, -0.2) is 43.7 Å². The largest absolute Gasteiger partial charge is 0.494 e. The van der Waals surface area contributed by atoms with Crippen LogP contribution in [0, 0.1) is 5.92 Å². The molecule has 0 bridgehead atoms. The second-order valence-electron chi connectivity index (χ2n) is 8.32. The number of likely N-dealkylation sites (tertiary alicyclic amines) is 1. The Kier molecular flexibility index (Phi) is 5.94. The lowest BCUT2D eigenvalue weighted by Crippen LogP contribution is -2.31. The smallest absolute Gasteiger partial charge is 0.119 e. The van der Waals surface area contributed by atoms with Crippen molar-refractivity contribution in [3.05, 3.63) is 29.3 Å². The first-order valence-corrected chi connectivity index (χ1v) is 10.6. The number of rotatable bonds is 7. The molecule has 3 aliphatic rings. The molecule has 2 heterocycles. The number of hydrogen-bond acceptors (Lipinski definition) is 3. The number of piperidine rings is 1. The van der Waals surface area contributed by atoms with Gasteiger partial charge < -0.3 is 15.0 Å². The van der Waals surface area contributed by atoms with E-state index in [-0.39, 0.29) is 0 Å². The minimum atomic E-state index is 0.685. The monoisotopic (exact) mass is 342 g/mol. The van der Waals surface area contributed by atoms with Crippen LogP contribution in [0.1, 0.15) is 56.1 Å². The van der Waals surface area contributed by atoms with Gasteiger partial charge in [0.1, 0.15) is 5.75 Å². The molecule has 3 nitrogen and oxygen atoms in total. The molecule has 1 aromatic carbocycles. The van der Waals surface area contributed by atoms with Gasteiger partial charge in [0.15, 0.2) is 0 Å². The standard InChI is InChI=1S/C22H34N2O/c1-2-11-24(12-3-1)13-4-14-25-22-8-7-19-16-21(15-18-5-6-18)23-10-9-20(19)17-22/h7-8,17-18,21,23H,1-6,9-16H2. The Bertz CT molecular complexity index is 549. The summed E-state index contributed by atoms with van der Waals surface area (Å²) in [6, 6.07) is 7.50. The molecule has 2 aliphatic heterocycles.